The first-order valence-corrected chi connectivity index (χ1v) is 8.73. The number of benzene rings is 1. The summed E-state index contributed by atoms with van der Waals surface area (Å²) in [7, 11) is -3.29. The third-order valence-electron chi connectivity index (χ3n) is 4.15. The van der Waals surface area contributed by atoms with Crippen LogP contribution in [0, 0.1) is 5.82 Å². The summed E-state index contributed by atoms with van der Waals surface area (Å²) in [5, 5.41) is 0. The van der Waals surface area contributed by atoms with Crippen molar-refractivity contribution in [1.29, 1.82) is 0 Å². The quantitative estimate of drug-likeness (QED) is 0.844. The van der Waals surface area contributed by atoms with Gasteiger partial charge in [0.15, 0.2) is 0 Å². The van der Waals surface area contributed by atoms with Crippen LogP contribution in [-0.2, 0) is 10.2 Å². The smallest absolute Gasteiger partial charge is 0.282 e. The van der Waals surface area contributed by atoms with Gasteiger partial charge in [-0.1, -0.05) is 0 Å². The maximum Gasteiger partial charge on any atom is 0.282 e. The Morgan fingerprint density at radius 3 is 1.90 bits per heavy atom. The second-order valence-electron chi connectivity index (χ2n) is 5.48. The summed E-state index contributed by atoms with van der Waals surface area (Å²) in [5.41, 5.74) is 0.939. The van der Waals surface area contributed by atoms with Crippen LogP contribution in [0.25, 0.3) is 0 Å². The summed E-state index contributed by atoms with van der Waals surface area (Å²) >= 11 is 0. The molecule has 2 heterocycles. The van der Waals surface area contributed by atoms with Crippen LogP contribution in [0.1, 0.15) is 12.8 Å². The highest BCUT2D eigenvalue weighted by Gasteiger charge is 2.33. The van der Waals surface area contributed by atoms with Crippen LogP contribution in [0.5, 0.6) is 0 Å². The van der Waals surface area contributed by atoms with E-state index in [9.17, 15) is 12.8 Å². The van der Waals surface area contributed by atoms with Gasteiger partial charge in [-0.25, -0.2) is 4.39 Å². The predicted octanol–water partition coefficient (Wildman–Crippen LogP) is 1.29. The van der Waals surface area contributed by atoms with Crippen LogP contribution in [0.4, 0.5) is 10.1 Å². The van der Waals surface area contributed by atoms with E-state index in [1.54, 1.807) is 20.7 Å². The molecule has 0 amide bonds. The lowest BCUT2D eigenvalue weighted by atomic mass is 10.2. The van der Waals surface area contributed by atoms with Gasteiger partial charge in [0.2, 0.25) is 0 Å². The van der Waals surface area contributed by atoms with Crippen LogP contribution in [-0.4, -0.2) is 56.3 Å². The first-order chi connectivity index (χ1) is 10.1. The number of rotatable bonds is 3. The van der Waals surface area contributed by atoms with Crippen LogP contribution >= 0.6 is 0 Å². The van der Waals surface area contributed by atoms with Crippen molar-refractivity contribution in [2.75, 3.05) is 44.2 Å². The van der Waals surface area contributed by atoms with Gasteiger partial charge in [-0.05, 0) is 37.1 Å². The van der Waals surface area contributed by atoms with Crippen molar-refractivity contribution in [2.45, 2.75) is 12.8 Å². The second-order valence-corrected chi connectivity index (χ2v) is 7.40. The van der Waals surface area contributed by atoms with Crippen molar-refractivity contribution in [1.82, 2.24) is 8.61 Å². The molecule has 0 atom stereocenters. The molecule has 2 saturated heterocycles. The molecule has 3 rings (SSSR count). The zero-order valence-corrected chi connectivity index (χ0v) is 12.7. The maximum absolute atomic E-state index is 12.9. The summed E-state index contributed by atoms with van der Waals surface area (Å²) in [4.78, 5) is 2.09. The zero-order chi connectivity index (χ0) is 14.9. The van der Waals surface area contributed by atoms with Gasteiger partial charge in [-0.3, -0.25) is 0 Å². The highest BCUT2D eigenvalue weighted by Crippen LogP contribution is 2.21. The van der Waals surface area contributed by atoms with Gasteiger partial charge in [0.25, 0.3) is 10.2 Å². The molecule has 0 N–H and O–H groups in total. The Labute approximate surface area is 125 Å². The molecule has 2 fully saturated rings. The van der Waals surface area contributed by atoms with E-state index in [0.29, 0.717) is 39.3 Å². The van der Waals surface area contributed by atoms with Crippen molar-refractivity contribution in [2.24, 2.45) is 0 Å². The van der Waals surface area contributed by atoms with Gasteiger partial charge in [0.1, 0.15) is 5.82 Å². The molecule has 0 aliphatic carbocycles. The SMILES string of the molecule is O=S(=O)(N1CCCC1)N1CCN(c2ccc(F)cc2)CC1. The van der Waals surface area contributed by atoms with Crippen LogP contribution < -0.4 is 4.90 Å². The molecule has 116 valence electrons. The van der Waals surface area contributed by atoms with Crippen molar-refractivity contribution in [3.05, 3.63) is 30.1 Å². The molecule has 0 aromatic heterocycles. The molecular formula is C14H20FN3O2S. The van der Waals surface area contributed by atoms with Gasteiger partial charge in [-0.15, -0.1) is 0 Å². The van der Waals surface area contributed by atoms with E-state index in [2.05, 4.69) is 4.90 Å². The number of piperazine rings is 1. The largest absolute Gasteiger partial charge is 0.369 e. The van der Waals surface area contributed by atoms with Crippen LogP contribution in [0.3, 0.4) is 0 Å². The van der Waals surface area contributed by atoms with E-state index in [-0.39, 0.29) is 5.82 Å². The van der Waals surface area contributed by atoms with Gasteiger partial charge >= 0.3 is 0 Å². The van der Waals surface area contributed by atoms with Gasteiger partial charge in [0, 0.05) is 45.0 Å². The Balaban J connectivity index is 1.63. The summed E-state index contributed by atoms with van der Waals surface area (Å²) in [5.74, 6) is -0.256. The van der Waals surface area contributed by atoms with E-state index in [1.807, 2.05) is 0 Å². The molecule has 0 bridgehead atoms. The average molecular weight is 313 g/mol. The van der Waals surface area contributed by atoms with E-state index in [1.165, 1.54) is 12.1 Å². The minimum Gasteiger partial charge on any atom is -0.369 e. The molecule has 1 aromatic carbocycles. The molecule has 0 spiro atoms. The maximum atomic E-state index is 12.9. The number of hydrogen-bond acceptors (Lipinski definition) is 3. The number of hydrogen-bond donors (Lipinski definition) is 0. The average Bonchev–Trinajstić information content (AvgIpc) is 3.03. The normalized spacial score (nSPS) is 21.9. The lowest BCUT2D eigenvalue weighted by Crippen LogP contribution is -2.52. The topological polar surface area (TPSA) is 43.9 Å². The number of halogens is 1. The third kappa shape index (κ3) is 3.04. The molecule has 0 unspecified atom stereocenters. The van der Waals surface area contributed by atoms with Crippen molar-refractivity contribution in [3.63, 3.8) is 0 Å². The Morgan fingerprint density at radius 2 is 1.33 bits per heavy atom. The number of nitrogens with zero attached hydrogens (tertiary/aromatic N) is 3. The number of anilines is 1. The fourth-order valence-corrected chi connectivity index (χ4v) is 4.58. The second kappa shape index (κ2) is 5.90. The summed E-state index contributed by atoms with van der Waals surface area (Å²) in [6, 6.07) is 6.34. The van der Waals surface area contributed by atoms with E-state index in [4.69, 9.17) is 0 Å². The predicted molar refractivity (Wildman–Crippen MR) is 79.9 cm³/mol. The minimum absolute atomic E-state index is 0.256. The Hall–Kier alpha value is -1.18. The van der Waals surface area contributed by atoms with Crippen molar-refractivity contribution < 1.29 is 12.8 Å². The Bertz CT molecular complexity index is 577. The molecule has 1 aromatic rings. The Morgan fingerprint density at radius 1 is 0.810 bits per heavy atom. The monoisotopic (exact) mass is 313 g/mol. The molecule has 0 radical (unpaired) electrons. The summed E-state index contributed by atoms with van der Waals surface area (Å²) in [6.07, 6.45) is 1.91. The van der Waals surface area contributed by atoms with Gasteiger partial charge in [-0.2, -0.15) is 17.0 Å². The zero-order valence-electron chi connectivity index (χ0n) is 11.9. The highest BCUT2D eigenvalue weighted by atomic mass is 32.2. The standard InChI is InChI=1S/C14H20FN3O2S/c15-13-3-5-14(6-4-13)16-9-11-18(12-10-16)21(19,20)17-7-1-2-8-17/h3-6H,1-2,7-12H2. The van der Waals surface area contributed by atoms with Gasteiger partial charge in [0.05, 0.1) is 0 Å². The van der Waals surface area contributed by atoms with Crippen molar-refractivity contribution in [3.8, 4) is 0 Å². The van der Waals surface area contributed by atoms with E-state index < -0.39 is 10.2 Å². The van der Waals surface area contributed by atoms with Crippen LogP contribution in [0.15, 0.2) is 24.3 Å². The van der Waals surface area contributed by atoms with Crippen molar-refractivity contribution >= 4 is 15.9 Å². The van der Waals surface area contributed by atoms with E-state index >= 15 is 0 Å². The Kier molecular flexibility index (Phi) is 4.14. The third-order valence-corrected chi connectivity index (χ3v) is 6.18. The molecule has 0 saturated carbocycles. The summed E-state index contributed by atoms with van der Waals surface area (Å²) < 4.78 is 41.0. The minimum atomic E-state index is -3.29. The molecule has 5 nitrogen and oxygen atoms in total. The molecule has 21 heavy (non-hydrogen) atoms. The highest BCUT2D eigenvalue weighted by molar-refractivity contribution is 7.86. The van der Waals surface area contributed by atoms with Crippen LogP contribution in [0.2, 0.25) is 0 Å². The molecule has 2 aliphatic rings. The molecular weight excluding hydrogens is 293 g/mol. The van der Waals surface area contributed by atoms with Gasteiger partial charge < -0.3 is 4.90 Å². The lowest BCUT2D eigenvalue weighted by Gasteiger charge is -2.36. The van der Waals surface area contributed by atoms with E-state index in [0.717, 1.165) is 18.5 Å². The fraction of sp³-hybridized carbons (Fsp3) is 0.571. The first-order valence-electron chi connectivity index (χ1n) is 7.33. The molecule has 7 heteroatoms. The first kappa shape index (κ1) is 14.7. The fourth-order valence-electron chi connectivity index (χ4n) is 2.91. The lowest BCUT2D eigenvalue weighted by molar-refractivity contribution is 0.343. The molecule has 2 aliphatic heterocycles. The summed E-state index contributed by atoms with van der Waals surface area (Å²) in [6.45, 7) is 3.52.